The van der Waals surface area contributed by atoms with Crippen molar-refractivity contribution >= 4 is 45.7 Å². The summed E-state index contributed by atoms with van der Waals surface area (Å²) in [6, 6.07) is 12.8. The Kier molecular flexibility index (Phi) is 6.60. The number of para-hydroxylation sites is 1. The Morgan fingerprint density at radius 1 is 0.900 bits per heavy atom. The first-order valence-electron chi connectivity index (χ1n) is 8.85. The Balaban J connectivity index is 1.65. The van der Waals surface area contributed by atoms with Gasteiger partial charge in [-0.2, -0.15) is 0 Å². The number of nitrogens with one attached hydrogen (secondary N) is 3. The van der Waals surface area contributed by atoms with Crippen LogP contribution in [0.4, 0.5) is 10.7 Å². The average Bonchev–Trinajstić information content (AvgIpc) is 3.40. The highest BCUT2D eigenvalue weighted by Crippen LogP contribution is 2.24. The number of primary amides is 1. The SMILES string of the molecule is NC(=O)CCNC(=O)c1ccccc1NC(=O)c1ccc(NC(=O)c2ccco2)s1. The highest BCUT2D eigenvalue weighted by molar-refractivity contribution is 7.18. The number of hydrogen-bond donors (Lipinski definition) is 4. The molecule has 0 aliphatic carbocycles. The number of amides is 4. The number of carbonyl (C=O) groups excluding carboxylic acids is 4. The third-order valence-corrected chi connectivity index (χ3v) is 4.89. The zero-order valence-corrected chi connectivity index (χ0v) is 16.5. The van der Waals surface area contributed by atoms with Crippen LogP contribution in [0.3, 0.4) is 0 Å². The van der Waals surface area contributed by atoms with Gasteiger partial charge in [0.15, 0.2) is 5.76 Å². The normalized spacial score (nSPS) is 10.3. The maximum Gasteiger partial charge on any atom is 0.291 e. The minimum Gasteiger partial charge on any atom is -0.459 e. The van der Waals surface area contributed by atoms with Crippen LogP contribution in [0.1, 0.15) is 37.0 Å². The van der Waals surface area contributed by atoms with Crippen LogP contribution in [-0.2, 0) is 4.79 Å². The van der Waals surface area contributed by atoms with Crippen LogP contribution in [-0.4, -0.2) is 30.2 Å². The molecule has 0 saturated carbocycles. The summed E-state index contributed by atoms with van der Waals surface area (Å²) in [4.78, 5) is 48.1. The smallest absolute Gasteiger partial charge is 0.291 e. The van der Waals surface area contributed by atoms with Gasteiger partial charge in [0.2, 0.25) is 5.91 Å². The van der Waals surface area contributed by atoms with E-state index in [4.69, 9.17) is 10.2 Å². The van der Waals surface area contributed by atoms with Crippen LogP contribution in [0.15, 0.2) is 59.2 Å². The molecule has 1 aromatic carbocycles. The minimum absolute atomic E-state index is 0.0158. The Bertz CT molecular complexity index is 1070. The summed E-state index contributed by atoms with van der Waals surface area (Å²) < 4.78 is 5.03. The molecular formula is C20H18N4O5S. The zero-order valence-electron chi connectivity index (χ0n) is 15.6. The van der Waals surface area contributed by atoms with E-state index in [2.05, 4.69) is 16.0 Å². The van der Waals surface area contributed by atoms with Crippen molar-refractivity contribution in [2.24, 2.45) is 5.73 Å². The molecule has 3 rings (SSSR count). The van der Waals surface area contributed by atoms with Crippen LogP contribution < -0.4 is 21.7 Å². The molecule has 0 radical (unpaired) electrons. The Morgan fingerprint density at radius 3 is 2.43 bits per heavy atom. The van der Waals surface area contributed by atoms with Crippen LogP contribution in [0, 0.1) is 0 Å². The number of anilines is 2. The summed E-state index contributed by atoms with van der Waals surface area (Å²) in [5.74, 6) is -1.66. The number of hydrogen-bond acceptors (Lipinski definition) is 6. The Hall–Kier alpha value is -3.92. The van der Waals surface area contributed by atoms with Gasteiger partial charge in [0.1, 0.15) is 0 Å². The lowest BCUT2D eigenvalue weighted by atomic mass is 10.1. The second-order valence-corrected chi connectivity index (χ2v) is 7.15. The van der Waals surface area contributed by atoms with E-state index in [9.17, 15) is 19.2 Å². The molecule has 5 N–H and O–H groups in total. The van der Waals surface area contributed by atoms with Gasteiger partial charge in [-0.3, -0.25) is 19.2 Å². The van der Waals surface area contributed by atoms with Gasteiger partial charge in [-0.1, -0.05) is 12.1 Å². The van der Waals surface area contributed by atoms with Crippen LogP contribution >= 0.6 is 11.3 Å². The van der Waals surface area contributed by atoms with E-state index in [0.29, 0.717) is 15.6 Å². The summed E-state index contributed by atoms with van der Waals surface area (Å²) >= 11 is 1.08. The lowest BCUT2D eigenvalue weighted by molar-refractivity contribution is -0.117. The highest BCUT2D eigenvalue weighted by Gasteiger charge is 2.16. The number of carbonyl (C=O) groups is 4. The minimum atomic E-state index is -0.524. The molecule has 154 valence electrons. The average molecular weight is 426 g/mol. The third kappa shape index (κ3) is 5.32. The van der Waals surface area contributed by atoms with Crippen molar-refractivity contribution in [1.29, 1.82) is 0 Å². The topological polar surface area (TPSA) is 144 Å². The van der Waals surface area contributed by atoms with E-state index in [-0.39, 0.29) is 24.3 Å². The summed E-state index contributed by atoms with van der Waals surface area (Å²) in [6.45, 7) is 0.0973. The number of furan rings is 1. The van der Waals surface area contributed by atoms with Gasteiger partial charge < -0.3 is 26.1 Å². The molecule has 10 heteroatoms. The molecule has 2 heterocycles. The Morgan fingerprint density at radius 2 is 1.70 bits per heavy atom. The number of benzene rings is 1. The molecule has 30 heavy (non-hydrogen) atoms. The molecule has 0 unspecified atom stereocenters. The molecule has 0 fully saturated rings. The molecule has 3 aromatic rings. The predicted molar refractivity (Wildman–Crippen MR) is 112 cm³/mol. The fraction of sp³-hybridized carbons (Fsp3) is 0.100. The second-order valence-electron chi connectivity index (χ2n) is 6.07. The number of rotatable bonds is 8. The number of thiophene rings is 1. The zero-order chi connectivity index (χ0) is 21.5. The molecule has 2 aromatic heterocycles. The molecule has 0 aliphatic rings. The lowest BCUT2D eigenvalue weighted by Crippen LogP contribution is -2.28. The molecule has 0 bridgehead atoms. The maximum atomic E-state index is 12.6. The fourth-order valence-corrected chi connectivity index (χ4v) is 3.27. The van der Waals surface area contributed by atoms with E-state index in [1.165, 1.54) is 12.3 Å². The van der Waals surface area contributed by atoms with Gasteiger partial charge in [-0.15, -0.1) is 11.3 Å². The lowest BCUT2D eigenvalue weighted by Gasteiger charge is -2.10. The predicted octanol–water partition coefficient (Wildman–Crippen LogP) is 2.45. The first kappa shape index (κ1) is 20.8. The van der Waals surface area contributed by atoms with Crippen LogP contribution in [0.2, 0.25) is 0 Å². The molecule has 9 nitrogen and oxygen atoms in total. The van der Waals surface area contributed by atoms with Crippen LogP contribution in [0.5, 0.6) is 0 Å². The van der Waals surface area contributed by atoms with Crippen molar-refractivity contribution in [1.82, 2.24) is 5.32 Å². The molecule has 4 amide bonds. The van der Waals surface area contributed by atoms with Gasteiger partial charge in [0.05, 0.1) is 27.4 Å². The highest BCUT2D eigenvalue weighted by atomic mass is 32.1. The van der Waals surface area contributed by atoms with E-state index in [1.807, 2.05) is 0 Å². The molecule has 0 aliphatic heterocycles. The first-order valence-corrected chi connectivity index (χ1v) is 9.67. The van der Waals surface area contributed by atoms with Gasteiger partial charge in [0.25, 0.3) is 17.7 Å². The van der Waals surface area contributed by atoms with Crippen molar-refractivity contribution in [2.45, 2.75) is 6.42 Å². The largest absolute Gasteiger partial charge is 0.459 e. The van der Waals surface area contributed by atoms with E-state index in [0.717, 1.165) is 11.3 Å². The van der Waals surface area contributed by atoms with Gasteiger partial charge in [0, 0.05) is 13.0 Å². The molecule has 0 atom stereocenters. The van der Waals surface area contributed by atoms with Gasteiger partial charge in [-0.05, 0) is 36.4 Å². The summed E-state index contributed by atoms with van der Waals surface area (Å²) in [5, 5.41) is 8.39. The van der Waals surface area contributed by atoms with Crippen molar-refractivity contribution < 1.29 is 23.6 Å². The van der Waals surface area contributed by atoms with Crippen molar-refractivity contribution in [3.63, 3.8) is 0 Å². The fourth-order valence-electron chi connectivity index (χ4n) is 2.48. The quantitative estimate of drug-likeness (QED) is 0.437. The van der Waals surface area contributed by atoms with E-state index < -0.39 is 23.6 Å². The standard InChI is InChI=1S/C20H18N4O5S/c21-16(25)9-10-22-18(26)12-4-1-2-5-13(12)23-20(28)15-7-8-17(30-15)24-19(27)14-6-3-11-29-14/h1-8,11H,9-10H2,(H2,21,25)(H,22,26)(H,23,28)(H,24,27). The van der Waals surface area contributed by atoms with Crippen LogP contribution in [0.25, 0.3) is 0 Å². The summed E-state index contributed by atoms with van der Waals surface area (Å²) in [7, 11) is 0. The second kappa shape index (κ2) is 9.52. The number of nitrogens with two attached hydrogens (primary N) is 1. The van der Waals surface area contributed by atoms with Crippen molar-refractivity contribution in [3.8, 4) is 0 Å². The van der Waals surface area contributed by atoms with E-state index >= 15 is 0 Å². The monoisotopic (exact) mass is 426 g/mol. The van der Waals surface area contributed by atoms with Gasteiger partial charge >= 0.3 is 0 Å². The van der Waals surface area contributed by atoms with Crippen molar-refractivity contribution in [2.75, 3.05) is 17.2 Å². The molecule has 0 saturated heterocycles. The molecule has 0 spiro atoms. The van der Waals surface area contributed by atoms with Gasteiger partial charge in [-0.25, -0.2) is 0 Å². The first-order chi connectivity index (χ1) is 14.4. The third-order valence-electron chi connectivity index (χ3n) is 3.89. The van der Waals surface area contributed by atoms with Crippen molar-refractivity contribution in [3.05, 3.63) is 71.0 Å². The maximum absolute atomic E-state index is 12.6. The molecular weight excluding hydrogens is 408 g/mol. The summed E-state index contributed by atoms with van der Waals surface area (Å²) in [5.41, 5.74) is 5.62. The van der Waals surface area contributed by atoms with E-state index in [1.54, 1.807) is 42.5 Å². The Labute approximate surface area is 175 Å². The summed E-state index contributed by atoms with van der Waals surface area (Å²) in [6.07, 6.45) is 1.41.